The summed E-state index contributed by atoms with van der Waals surface area (Å²) in [7, 11) is 0. The van der Waals surface area contributed by atoms with Crippen LogP contribution in [0.4, 0.5) is 0 Å². The Labute approximate surface area is 133 Å². The molecule has 1 fully saturated rings. The molecular formula is C16H20N2OS2. The van der Waals surface area contributed by atoms with Gasteiger partial charge in [0.25, 0.3) is 0 Å². The van der Waals surface area contributed by atoms with E-state index in [4.69, 9.17) is 0 Å². The molecule has 0 radical (unpaired) electrons. The van der Waals surface area contributed by atoms with Crippen LogP contribution in [0.25, 0.3) is 10.6 Å². The normalized spacial score (nSPS) is 17.8. The summed E-state index contributed by atoms with van der Waals surface area (Å²) in [6.07, 6.45) is 1.77. The maximum atomic E-state index is 10.4. The van der Waals surface area contributed by atoms with E-state index in [1.165, 1.54) is 0 Å². The maximum Gasteiger partial charge on any atom is 0.123 e. The fourth-order valence-electron chi connectivity index (χ4n) is 2.45. The van der Waals surface area contributed by atoms with Crippen molar-refractivity contribution in [2.75, 3.05) is 18.1 Å². The van der Waals surface area contributed by atoms with Gasteiger partial charge in [0.15, 0.2) is 0 Å². The Hall–Kier alpha value is -0.880. The smallest absolute Gasteiger partial charge is 0.123 e. The summed E-state index contributed by atoms with van der Waals surface area (Å²) in [6.45, 7) is 1.38. The zero-order valence-corrected chi connectivity index (χ0v) is 13.6. The molecule has 0 atom stereocenters. The van der Waals surface area contributed by atoms with Gasteiger partial charge in [0.1, 0.15) is 5.01 Å². The van der Waals surface area contributed by atoms with Crippen LogP contribution in [0, 0.1) is 0 Å². The van der Waals surface area contributed by atoms with Crippen LogP contribution in [0.3, 0.4) is 0 Å². The first-order valence-electron chi connectivity index (χ1n) is 7.26. The highest BCUT2D eigenvalue weighted by Gasteiger charge is 2.28. The quantitative estimate of drug-likeness (QED) is 0.888. The van der Waals surface area contributed by atoms with Gasteiger partial charge in [-0.2, -0.15) is 11.8 Å². The van der Waals surface area contributed by atoms with Gasteiger partial charge in [-0.05, 0) is 24.3 Å². The van der Waals surface area contributed by atoms with Crippen LogP contribution < -0.4 is 5.32 Å². The zero-order valence-electron chi connectivity index (χ0n) is 11.9. The number of aromatic nitrogens is 1. The number of thioether (sulfide) groups is 1. The van der Waals surface area contributed by atoms with Crippen molar-refractivity contribution in [1.82, 2.24) is 10.3 Å². The number of aliphatic hydroxyl groups is 1. The summed E-state index contributed by atoms with van der Waals surface area (Å²) >= 11 is 3.60. The summed E-state index contributed by atoms with van der Waals surface area (Å²) in [6, 6.07) is 10.2. The van der Waals surface area contributed by atoms with E-state index in [1.54, 1.807) is 11.3 Å². The van der Waals surface area contributed by atoms with Crippen molar-refractivity contribution in [1.29, 1.82) is 0 Å². The molecule has 0 bridgehead atoms. The lowest BCUT2D eigenvalue weighted by Crippen LogP contribution is -2.43. The van der Waals surface area contributed by atoms with E-state index < -0.39 is 5.60 Å². The summed E-state index contributed by atoms with van der Waals surface area (Å²) in [5.41, 5.74) is 1.69. The third-order valence-electron chi connectivity index (χ3n) is 3.76. The van der Waals surface area contributed by atoms with E-state index in [0.717, 1.165) is 47.2 Å². The van der Waals surface area contributed by atoms with Gasteiger partial charge in [-0.25, -0.2) is 4.98 Å². The lowest BCUT2D eigenvalue weighted by Gasteiger charge is -2.31. The lowest BCUT2D eigenvalue weighted by atomic mass is 9.97. The first-order valence-corrected chi connectivity index (χ1v) is 9.29. The van der Waals surface area contributed by atoms with Gasteiger partial charge in [0.2, 0.25) is 0 Å². The molecule has 0 spiro atoms. The summed E-state index contributed by atoms with van der Waals surface area (Å²) in [4.78, 5) is 4.66. The monoisotopic (exact) mass is 320 g/mol. The molecule has 1 aliphatic heterocycles. The molecule has 1 aliphatic rings. The minimum absolute atomic E-state index is 0.524. The first kappa shape index (κ1) is 15.0. The SMILES string of the molecule is OC1(CNCc2csc(-c3ccccc3)n2)CCSCC1. The van der Waals surface area contributed by atoms with Crippen LogP contribution in [-0.2, 0) is 6.54 Å². The average Bonchev–Trinajstić information content (AvgIpc) is 2.98. The molecule has 2 aromatic rings. The fourth-order valence-corrected chi connectivity index (χ4v) is 4.53. The molecule has 3 rings (SSSR count). The van der Waals surface area contributed by atoms with E-state index in [1.807, 2.05) is 30.0 Å². The number of benzene rings is 1. The predicted molar refractivity (Wildman–Crippen MR) is 90.8 cm³/mol. The highest BCUT2D eigenvalue weighted by molar-refractivity contribution is 7.99. The zero-order chi connectivity index (χ0) is 14.5. The molecule has 3 nitrogen and oxygen atoms in total. The Morgan fingerprint density at radius 1 is 1.19 bits per heavy atom. The highest BCUT2D eigenvalue weighted by Crippen LogP contribution is 2.26. The Bertz CT molecular complexity index is 565. The second-order valence-electron chi connectivity index (χ2n) is 5.45. The topological polar surface area (TPSA) is 45.1 Å². The number of hydrogen-bond donors (Lipinski definition) is 2. The molecule has 1 aromatic heterocycles. The molecule has 0 aliphatic carbocycles. The molecule has 2 heterocycles. The van der Waals surface area contributed by atoms with Crippen LogP contribution in [-0.4, -0.2) is 33.7 Å². The first-order chi connectivity index (χ1) is 10.3. The predicted octanol–water partition coefficient (Wildman–Crippen LogP) is 3.16. The van der Waals surface area contributed by atoms with E-state index in [9.17, 15) is 5.11 Å². The van der Waals surface area contributed by atoms with E-state index in [2.05, 4.69) is 27.8 Å². The van der Waals surface area contributed by atoms with Crippen molar-refractivity contribution in [3.8, 4) is 10.6 Å². The van der Waals surface area contributed by atoms with Gasteiger partial charge in [-0.15, -0.1) is 11.3 Å². The summed E-state index contributed by atoms with van der Waals surface area (Å²) < 4.78 is 0. The standard InChI is InChI=1S/C16H20N2OS2/c19-16(6-8-20-9-7-16)12-17-10-14-11-21-15(18-14)13-4-2-1-3-5-13/h1-5,11,17,19H,6-10,12H2. The molecular weight excluding hydrogens is 300 g/mol. The van der Waals surface area contributed by atoms with Crippen molar-refractivity contribution in [2.24, 2.45) is 0 Å². The molecule has 0 amide bonds. The third kappa shape index (κ3) is 4.07. The van der Waals surface area contributed by atoms with Crippen LogP contribution >= 0.6 is 23.1 Å². The number of hydrogen-bond acceptors (Lipinski definition) is 5. The van der Waals surface area contributed by atoms with Crippen molar-refractivity contribution in [3.05, 3.63) is 41.4 Å². The van der Waals surface area contributed by atoms with Gasteiger partial charge in [-0.3, -0.25) is 0 Å². The van der Waals surface area contributed by atoms with Crippen molar-refractivity contribution >= 4 is 23.1 Å². The van der Waals surface area contributed by atoms with Crippen molar-refractivity contribution < 1.29 is 5.11 Å². The van der Waals surface area contributed by atoms with Crippen LogP contribution in [0.15, 0.2) is 35.7 Å². The van der Waals surface area contributed by atoms with E-state index in [0.29, 0.717) is 6.54 Å². The van der Waals surface area contributed by atoms with Crippen molar-refractivity contribution in [2.45, 2.75) is 25.0 Å². The molecule has 1 saturated heterocycles. The molecule has 21 heavy (non-hydrogen) atoms. The van der Waals surface area contributed by atoms with Crippen LogP contribution in [0.2, 0.25) is 0 Å². The molecule has 0 unspecified atom stereocenters. The second-order valence-corrected chi connectivity index (χ2v) is 7.53. The number of rotatable bonds is 5. The van der Waals surface area contributed by atoms with Gasteiger partial charge >= 0.3 is 0 Å². The van der Waals surface area contributed by atoms with Crippen molar-refractivity contribution in [3.63, 3.8) is 0 Å². The highest BCUT2D eigenvalue weighted by atomic mass is 32.2. The van der Waals surface area contributed by atoms with Gasteiger partial charge in [-0.1, -0.05) is 30.3 Å². The van der Waals surface area contributed by atoms with E-state index in [-0.39, 0.29) is 0 Å². The van der Waals surface area contributed by atoms with E-state index >= 15 is 0 Å². The Morgan fingerprint density at radius 2 is 1.95 bits per heavy atom. The number of nitrogens with zero attached hydrogens (tertiary/aromatic N) is 1. The Morgan fingerprint density at radius 3 is 2.71 bits per heavy atom. The third-order valence-corrected chi connectivity index (χ3v) is 5.68. The molecule has 2 N–H and O–H groups in total. The number of thiazole rings is 1. The molecule has 5 heteroatoms. The second kappa shape index (κ2) is 6.92. The minimum Gasteiger partial charge on any atom is -0.389 e. The van der Waals surface area contributed by atoms with Crippen LogP contribution in [0.1, 0.15) is 18.5 Å². The molecule has 0 saturated carbocycles. The fraction of sp³-hybridized carbons (Fsp3) is 0.438. The molecule has 1 aromatic carbocycles. The average molecular weight is 320 g/mol. The lowest BCUT2D eigenvalue weighted by molar-refractivity contribution is 0.0319. The summed E-state index contributed by atoms with van der Waals surface area (Å²) in [5, 5.41) is 16.9. The van der Waals surface area contributed by atoms with Gasteiger partial charge < -0.3 is 10.4 Å². The Balaban J connectivity index is 1.53. The maximum absolute atomic E-state index is 10.4. The number of nitrogens with one attached hydrogen (secondary N) is 1. The minimum atomic E-state index is -0.524. The van der Waals surface area contributed by atoms with Crippen LogP contribution in [0.5, 0.6) is 0 Å². The largest absolute Gasteiger partial charge is 0.389 e. The van der Waals surface area contributed by atoms with Gasteiger partial charge in [0.05, 0.1) is 11.3 Å². The molecule has 112 valence electrons. The Kier molecular flexibility index (Phi) is 4.95. The summed E-state index contributed by atoms with van der Waals surface area (Å²) in [5.74, 6) is 2.13. The van der Waals surface area contributed by atoms with Gasteiger partial charge in [0, 0.05) is 24.0 Å².